The van der Waals surface area contributed by atoms with Crippen molar-refractivity contribution < 1.29 is 60.8 Å². The molecule has 0 aromatic heterocycles. The summed E-state index contributed by atoms with van der Waals surface area (Å²) < 4.78 is 21.5. The summed E-state index contributed by atoms with van der Waals surface area (Å²) in [5.74, 6) is -1.79. The van der Waals surface area contributed by atoms with Crippen LogP contribution in [0, 0.1) is 0 Å². The summed E-state index contributed by atoms with van der Waals surface area (Å²) >= 11 is -0.331. The van der Waals surface area contributed by atoms with Crippen molar-refractivity contribution in [3.05, 3.63) is 156 Å². The minimum absolute atomic E-state index is 0. The minimum Gasteiger partial charge on any atom is -0.479 e. The van der Waals surface area contributed by atoms with Crippen molar-refractivity contribution in [2.45, 2.75) is 149 Å². The smallest absolute Gasteiger partial charge is 0.479 e. The van der Waals surface area contributed by atoms with E-state index in [0.717, 1.165) is 22.3 Å². The third kappa shape index (κ3) is 30.5. The quantitative estimate of drug-likeness (QED) is 0.0358. The minimum atomic E-state index is -2.03. The molecule has 4 aromatic carbocycles. The Kier molecular flexibility index (Phi) is 34.0. The molecule has 448 valence electrons. The Morgan fingerprint density at radius 3 is 1.14 bits per heavy atom. The Balaban J connectivity index is 0.00000127. The molecule has 21 heteroatoms. The fourth-order valence-corrected chi connectivity index (χ4v) is 7.43. The number of ketones is 3. The van der Waals surface area contributed by atoms with E-state index in [1.165, 1.54) is 71.8 Å². The second-order valence-electron chi connectivity index (χ2n) is 22.3. The van der Waals surface area contributed by atoms with Crippen molar-refractivity contribution in [1.29, 1.82) is 0 Å². The molecular formula is C62H88AlLiN6O13. The molecule has 0 saturated heterocycles. The van der Waals surface area contributed by atoms with Gasteiger partial charge in [0.1, 0.15) is 18.8 Å². The fraction of sp³-hybridized carbons (Fsp3) is 0.435. The van der Waals surface area contributed by atoms with Gasteiger partial charge in [-0.3, -0.25) is 14.4 Å². The van der Waals surface area contributed by atoms with Gasteiger partial charge in [0.15, 0.2) is 22.9 Å². The van der Waals surface area contributed by atoms with Crippen LogP contribution in [-0.2, 0) is 44.6 Å². The van der Waals surface area contributed by atoms with Gasteiger partial charge in [-0.15, -0.1) is 0 Å². The van der Waals surface area contributed by atoms with Crippen LogP contribution < -0.4 is 21.3 Å². The monoisotopic (exact) mass is 1160 g/mol. The zero-order valence-electron chi connectivity index (χ0n) is 51.9. The van der Waals surface area contributed by atoms with E-state index in [2.05, 4.69) is 21.3 Å². The summed E-state index contributed by atoms with van der Waals surface area (Å²) in [4.78, 5) is 91.2. The Morgan fingerprint density at radius 1 is 0.530 bits per heavy atom. The van der Waals surface area contributed by atoms with Gasteiger partial charge in [0.05, 0.1) is 23.8 Å². The number of nitrogens with one attached hydrogen (secondary N) is 4. The Hall–Kier alpha value is -6.58. The van der Waals surface area contributed by atoms with Crippen LogP contribution in [0.1, 0.15) is 112 Å². The first-order valence-electron chi connectivity index (χ1n) is 26.5. The van der Waals surface area contributed by atoms with Crippen molar-refractivity contribution in [1.82, 2.24) is 31.1 Å². The molecule has 4 rings (SSSR count). The summed E-state index contributed by atoms with van der Waals surface area (Å²) in [6, 6.07) is 33.0. The number of hydrogen-bond acceptors (Lipinski definition) is 13. The van der Waals surface area contributed by atoms with Crippen LogP contribution in [0.15, 0.2) is 133 Å². The second kappa shape index (κ2) is 36.9. The topological polar surface area (TPSA) is 251 Å². The van der Waals surface area contributed by atoms with Crippen LogP contribution in [0.25, 0.3) is 12.2 Å². The zero-order valence-corrected chi connectivity index (χ0v) is 53.0. The van der Waals surface area contributed by atoms with E-state index in [4.69, 9.17) is 22.2 Å². The number of ether oxygens (including phenoxy) is 2. The average molecular weight is 1160 g/mol. The second-order valence-corrected chi connectivity index (χ2v) is 23.0. The summed E-state index contributed by atoms with van der Waals surface area (Å²) in [6.45, 7) is 22.5. The number of alkyl carbamates (subject to hydrolysis) is 2. The molecule has 0 spiro atoms. The molecule has 0 fully saturated rings. The maximum absolute atomic E-state index is 12.9. The summed E-state index contributed by atoms with van der Waals surface area (Å²) in [7, 11) is 5.99. The Morgan fingerprint density at radius 2 is 0.843 bits per heavy atom. The van der Waals surface area contributed by atoms with Gasteiger partial charge in [-0.1, -0.05) is 146 Å². The van der Waals surface area contributed by atoms with Crippen LogP contribution in [0.5, 0.6) is 0 Å². The first-order valence-corrected chi connectivity index (χ1v) is 27.5. The van der Waals surface area contributed by atoms with Crippen LogP contribution >= 0.6 is 0 Å². The van der Waals surface area contributed by atoms with Gasteiger partial charge in [-0.25, -0.2) is 19.2 Å². The van der Waals surface area contributed by atoms with Gasteiger partial charge in [-0.2, -0.15) is 0 Å². The molecule has 0 aliphatic rings. The maximum Gasteiger partial charge on any atom is 0.669 e. The third-order valence-corrected chi connectivity index (χ3v) is 12.7. The van der Waals surface area contributed by atoms with Crippen LogP contribution in [-0.4, -0.2) is 171 Å². The molecule has 0 unspecified atom stereocenters. The van der Waals surface area contributed by atoms with Gasteiger partial charge in [0, 0.05) is 58.3 Å². The van der Waals surface area contributed by atoms with Crippen LogP contribution in [0.3, 0.4) is 0 Å². The van der Waals surface area contributed by atoms with Crippen molar-refractivity contribution >= 4 is 88.5 Å². The molecule has 83 heavy (non-hydrogen) atoms. The molecular weight excluding hydrogens is 1070 g/mol. The van der Waals surface area contributed by atoms with E-state index in [0.29, 0.717) is 0 Å². The summed E-state index contributed by atoms with van der Waals surface area (Å²) in [6.07, 6.45) is 3.44. The number of benzene rings is 4. The average Bonchev–Trinajstić information content (AvgIpc) is 3.38. The van der Waals surface area contributed by atoms with Crippen LogP contribution in [0.4, 0.5) is 19.2 Å². The predicted octanol–water partition coefficient (Wildman–Crippen LogP) is 8.70. The predicted molar refractivity (Wildman–Crippen MR) is 327 cm³/mol. The molecule has 4 aromatic rings. The summed E-state index contributed by atoms with van der Waals surface area (Å²) in [5, 5.41) is 29.5. The fourth-order valence-electron chi connectivity index (χ4n) is 6.81. The molecule has 0 aliphatic carbocycles. The number of nitrogens with zero attached hydrogens (tertiary/aromatic N) is 2. The molecule has 19 nitrogen and oxygen atoms in total. The van der Waals surface area contributed by atoms with E-state index in [1.807, 2.05) is 151 Å². The molecule has 0 aliphatic heterocycles. The first kappa shape index (κ1) is 76.4. The standard InChI is InChI=1S/C25H31N3O5.C25H29N3O5.C4H10O.2C4H9O.Al.Li/c2*1-18(29)25(19(2)30,27-23(31)28(3)4)22(16-15-20-11-7-5-8-12-20)26-24(32)33-17-21-13-9-6-10-14-21;3*1-4(2,3)5;;/h5-16,18,22,29H,17H2,1-4H3,(H,26,32)(H,27,31);5-16,22H,17H2,1-4H3,(H,26,32)(H,27,31);5H,1-3H3;2*1-3H3;;/q;;;2*-1;+2;/b2*16-15+;;;;;/t18-,22+,25+;22-;;;;;/m01...../s1. The van der Waals surface area contributed by atoms with E-state index >= 15 is 0 Å². The van der Waals surface area contributed by atoms with Crippen molar-refractivity contribution in [2.24, 2.45) is 0 Å². The number of rotatable bonds is 20. The van der Waals surface area contributed by atoms with Gasteiger partial charge < -0.3 is 58.3 Å². The van der Waals surface area contributed by atoms with Crippen LogP contribution in [0.2, 0.25) is 0 Å². The molecule has 0 heterocycles. The molecule has 6 N–H and O–H groups in total. The first-order chi connectivity index (χ1) is 38.0. The van der Waals surface area contributed by atoms with Gasteiger partial charge >= 0.3 is 40.1 Å². The van der Waals surface area contributed by atoms with Gasteiger partial charge in [0.25, 0.3) is 0 Å². The Bertz CT molecular complexity index is 2630. The molecule has 6 amide bonds. The number of carbonyl (C=O) groups excluding carboxylic acids is 7. The maximum atomic E-state index is 12.9. The molecule has 0 bridgehead atoms. The SMILES string of the molecule is CC(=O)C(NC(=O)N(C)C)(C(C)=O)[C@@H](/C=C/c1ccccc1)NC(=O)OCc1ccccc1.CC(=O)[C@](NC(=O)N(C)C)([C@H](C)O)[C@@H](/C=C/c1ccccc1)NC(=O)OCc1ccccc1.CC(C)(C)O.CC(C)(C)[O][Al][O]C(C)(C)C.[Li]. The normalized spacial score (nSPS) is 13.0. The number of amides is 6. The third-order valence-electron chi connectivity index (χ3n) is 11.1. The van der Waals surface area contributed by atoms with Gasteiger partial charge in [-0.05, 0) is 112 Å². The number of hydrogen-bond donors (Lipinski definition) is 6. The largest absolute Gasteiger partial charge is 0.669 e. The number of aliphatic hydroxyl groups is 2. The van der Waals surface area contributed by atoms with E-state index in [9.17, 15) is 38.7 Å². The van der Waals surface area contributed by atoms with Crippen molar-refractivity contribution in [2.75, 3.05) is 28.2 Å². The van der Waals surface area contributed by atoms with Gasteiger partial charge in [0.2, 0.25) is 0 Å². The molecule has 2 radical (unpaired) electrons. The van der Waals surface area contributed by atoms with Crippen molar-refractivity contribution in [3.63, 3.8) is 0 Å². The van der Waals surface area contributed by atoms with E-state index < -0.39 is 76.5 Å². The number of Topliss-reactive ketones (excluding diaryl/α,β-unsaturated/α-hetero) is 3. The molecule has 0 saturated carbocycles. The van der Waals surface area contributed by atoms with E-state index in [-0.39, 0.29) is 59.2 Å². The molecule has 4 atom stereocenters. The summed E-state index contributed by atoms with van der Waals surface area (Å²) in [5.41, 5.74) is -1.35. The zero-order chi connectivity index (χ0) is 62.5. The van der Waals surface area contributed by atoms with Crippen molar-refractivity contribution in [3.8, 4) is 0 Å². The Labute approximate surface area is 510 Å². The van der Waals surface area contributed by atoms with E-state index in [1.54, 1.807) is 51.1 Å². The number of urea groups is 2. The number of aliphatic hydroxyl groups excluding tert-OH is 1. The number of carbonyl (C=O) groups is 7.